The Morgan fingerprint density at radius 1 is 1.00 bits per heavy atom. The second-order valence-electron chi connectivity index (χ2n) is 4.05. The van der Waals surface area contributed by atoms with Gasteiger partial charge in [-0.25, -0.2) is 0 Å². The van der Waals surface area contributed by atoms with Gasteiger partial charge in [-0.2, -0.15) is 25.3 Å². The second kappa shape index (κ2) is 18.5. The number of unbranched alkanes of at least 4 members (excludes halogenated alkanes) is 2. The van der Waals surface area contributed by atoms with Gasteiger partial charge in [0.05, 0.1) is 6.61 Å². The Hall–Kier alpha value is 3.11. The molecule has 0 aliphatic rings. The van der Waals surface area contributed by atoms with Crippen LogP contribution in [0.4, 0.5) is 0 Å². The highest BCUT2D eigenvalue weighted by atomic mass is 80.0. The maximum atomic E-state index is 5.47. The summed E-state index contributed by atoms with van der Waals surface area (Å²) >= 11 is 29.8. The van der Waals surface area contributed by atoms with Crippen molar-refractivity contribution in [1.29, 1.82) is 0 Å². The molecule has 0 amide bonds. The maximum absolute atomic E-state index is 5.47. The maximum Gasteiger partial charge on any atom is 0.267 e. The molecule has 0 spiro atoms. The van der Waals surface area contributed by atoms with Gasteiger partial charge in [0.2, 0.25) is 0 Å². The first-order chi connectivity index (χ1) is 9.33. The van der Waals surface area contributed by atoms with Crippen LogP contribution in [0.25, 0.3) is 0 Å². The van der Waals surface area contributed by atoms with E-state index in [1.54, 1.807) is 0 Å². The molecule has 0 bridgehead atoms. The van der Waals surface area contributed by atoms with Gasteiger partial charge in [0, 0.05) is 0 Å². The first-order valence-electron chi connectivity index (χ1n) is 6.47. The molecule has 124 valence electrons. The average Bonchev–Trinajstić information content (AvgIpc) is 2.33. The summed E-state index contributed by atoms with van der Waals surface area (Å²) in [7, 11) is -0.355. The van der Waals surface area contributed by atoms with E-state index in [4.69, 9.17) is 27.6 Å². The fraction of sp³-hybridized carbons (Fsp3) is 1.00. The molecule has 0 atom stereocenters. The van der Waals surface area contributed by atoms with Gasteiger partial charge in [0.15, 0.2) is 9.76 Å². The molecule has 0 rings (SSSR count). The van der Waals surface area contributed by atoms with Gasteiger partial charge in [-0.3, -0.25) is 0 Å². The minimum atomic E-state index is -1.29. The molecular formula is C10H23Br3Cl2OS2Si2. The van der Waals surface area contributed by atoms with Crippen LogP contribution in [-0.2, 0) is 4.43 Å². The number of hydrogen-bond donors (Lipinski definition) is 2. The lowest BCUT2D eigenvalue weighted by Gasteiger charge is -2.06. The molecular weight excluding hydrogens is 567 g/mol. The van der Waals surface area contributed by atoms with Crippen molar-refractivity contribution in [2.45, 2.75) is 42.6 Å². The molecule has 0 aliphatic carbocycles. The summed E-state index contributed by atoms with van der Waals surface area (Å²) in [5.74, 6) is 1.97. The Morgan fingerprint density at radius 3 is 2.00 bits per heavy atom. The fourth-order valence-corrected chi connectivity index (χ4v) is 6.36. The van der Waals surface area contributed by atoms with Crippen molar-refractivity contribution in [3.8, 4) is 0 Å². The van der Waals surface area contributed by atoms with Crippen LogP contribution in [0.15, 0.2) is 0 Å². The van der Waals surface area contributed by atoms with Crippen LogP contribution in [0.1, 0.15) is 25.7 Å². The third-order valence-electron chi connectivity index (χ3n) is 2.06. The predicted octanol–water partition coefficient (Wildman–Crippen LogP) is 5.84. The molecule has 1 nitrogen and oxygen atoms in total. The number of alkyl halides is 2. The zero-order valence-corrected chi connectivity index (χ0v) is 21.8. The molecule has 0 N–H and O–H groups in total. The van der Waals surface area contributed by atoms with E-state index in [0.717, 1.165) is 11.5 Å². The van der Waals surface area contributed by atoms with Crippen LogP contribution in [0, 0.1) is 0 Å². The molecule has 0 radical (unpaired) electrons. The molecule has 10 heteroatoms. The number of hydrogen-bond acceptors (Lipinski definition) is 3. The molecule has 0 saturated carbocycles. The van der Waals surface area contributed by atoms with Gasteiger partial charge in [-0.05, 0) is 36.4 Å². The number of thiol groups is 2. The van der Waals surface area contributed by atoms with Crippen LogP contribution in [0.2, 0.25) is 12.1 Å². The molecule has 0 aliphatic heterocycles. The van der Waals surface area contributed by atoms with E-state index in [2.05, 4.69) is 71.1 Å². The van der Waals surface area contributed by atoms with Gasteiger partial charge in [-0.1, -0.05) is 58.7 Å². The largest absolute Gasteiger partial charge is 0.421 e. The quantitative estimate of drug-likeness (QED) is 0.101. The van der Waals surface area contributed by atoms with Crippen molar-refractivity contribution in [2.75, 3.05) is 18.1 Å². The normalized spacial score (nSPS) is 12.0. The summed E-state index contributed by atoms with van der Waals surface area (Å²) in [6.45, 7) is 0.496. The van der Waals surface area contributed by atoms with E-state index >= 15 is 0 Å². The van der Waals surface area contributed by atoms with Gasteiger partial charge < -0.3 is 4.43 Å². The van der Waals surface area contributed by atoms with Crippen molar-refractivity contribution in [3.05, 3.63) is 0 Å². The lowest BCUT2D eigenvalue weighted by molar-refractivity contribution is 0.353. The summed E-state index contributed by atoms with van der Waals surface area (Å²) in [6, 6.07) is 2.43. The molecule has 0 unspecified atom stereocenters. The summed E-state index contributed by atoms with van der Waals surface area (Å²) < 4.78 is 4.00. The van der Waals surface area contributed by atoms with Gasteiger partial charge in [0.25, 0.3) is 3.93 Å². The Labute approximate surface area is 171 Å². The average molecular weight is 590 g/mol. The first kappa shape index (κ1) is 25.4. The molecule has 20 heavy (non-hydrogen) atoms. The Bertz CT molecular complexity index is 204. The zero-order chi connectivity index (χ0) is 15.9. The number of rotatable bonds is 11. The highest BCUT2D eigenvalue weighted by Gasteiger charge is 2.20. The van der Waals surface area contributed by atoms with E-state index < -0.39 is 3.93 Å². The molecule has 0 aromatic rings. The fourth-order valence-electron chi connectivity index (χ4n) is 1.10. The first-order valence-corrected chi connectivity index (χ1v) is 19.2. The van der Waals surface area contributed by atoms with Crippen molar-refractivity contribution < 1.29 is 4.43 Å². The molecule has 0 saturated heterocycles. The zero-order valence-electron chi connectivity index (χ0n) is 11.3. The third-order valence-corrected chi connectivity index (χ3v) is 8.75. The van der Waals surface area contributed by atoms with Gasteiger partial charge in [0.1, 0.15) is 4.84 Å². The van der Waals surface area contributed by atoms with Crippen LogP contribution in [-0.4, -0.2) is 36.6 Å². The van der Waals surface area contributed by atoms with Crippen LogP contribution < -0.4 is 0 Å². The van der Waals surface area contributed by atoms with Gasteiger partial charge >= 0.3 is 0 Å². The van der Waals surface area contributed by atoms with Crippen molar-refractivity contribution in [3.63, 3.8) is 0 Å². The summed E-state index contributed by atoms with van der Waals surface area (Å²) in [6.07, 6.45) is 4.87. The summed E-state index contributed by atoms with van der Waals surface area (Å²) in [5, 5.41) is 0. The minimum absolute atomic E-state index is 0.354. The molecule has 0 aromatic carbocycles. The van der Waals surface area contributed by atoms with Crippen molar-refractivity contribution >= 4 is 108 Å². The van der Waals surface area contributed by atoms with Gasteiger partial charge in [-0.15, -0.1) is 23.2 Å². The lowest BCUT2D eigenvalue weighted by Crippen LogP contribution is -2.05. The van der Waals surface area contributed by atoms with E-state index in [0.29, 0.717) is 6.61 Å². The second-order valence-corrected chi connectivity index (χ2v) is 31.2. The van der Waals surface area contributed by atoms with Crippen molar-refractivity contribution in [1.82, 2.24) is 0 Å². The molecule has 0 heterocycles. The third kappa shape index (κ3) is 29.2. The Kier molecular flexibility index (Phi) is 23.4. The Balaban J connectivity index is 0. The van der Waals surface area contributed by atoms with E-state index in [-0.39, 0.29) is 14.6 Å². The van der Waals surface area contributed by atoms with Crippen LogP contribution in [0.3, 0.4) is 0 Å². The summed E-state index contributed by atoms with van der Waals surface area (Å²) in [4.78, 5) is -0.354. The van der Waals surface area contributed by atoms with E-state index in [1.165, 1.54) is 37.8 Å². The van der Waals surface area contributed by atoms with Crippen molar-refractivity contribution in [2.24, 2.45) is 0 Å². The summed E-state index contributed by atoms with van der Waals surface area (Å²) in [5.41, 5.74) is 0. The highest BCUT2D eigenvalue weighted by Crippen LogP contribution is 2.33. The predicted molar refractivity (Wildman–Crippen MR) is 118 cm³/mol. The van der Waals surface area contributed by atoms with Crippen LogP contribution >= 0.6 is 94.3 Å². The van der Waals surface area contributed by atoms with E-state index in [9.17, 15) is 0 Å². The smallest absolute Gasteiger partial charge is 0.267 e. The van der Waals surface area contributed by atoms with E-state index in [1.807, 2.05) is 0 Å². The van der Waals surface area contributed by atoms with Crippen LogP contribution in [0.5, 0.6) is 0 Å². The monoisotopic (exact) mass is 586 g/mol. The number of halogens is 5. The lowest BCUT2D eigenvalue weighted by atomic mass is 10.4. The molecule has 0 aromatic heterocycles. The highest BCUT2D eigenvalue weighted by molar-refractivity contribution is 9.72. The Morgan fingerprint density at radius 2 is 1.55 bits per heavy atom. The minimum Gasteiger partial charge on any atom is -0.421 e. The topological polar surface area (TPSA) is 9.23 Å². The SMILES string of the molecule is SCCCC[SiH2]OCC(Cl)Cl.SCCCC[Si](Br)(Br)Br. The molecule has 0 fully saturated rings. The standard InChI is InChI=1S/C6H14Cl2OSSi.C4H9Br3SSi/c7-6(8)5-9-11-4-2-1-3-10;5-9(6,7)4-2-1-3-8/h6,10H,1-5,11H2;8H,1-4H2.